The summed E-state index contributed by atoms with van der Waals surface area (Å²) in [7, 11) is 0. The first-order valence-electron chi connectivity index (χ1n) is 7.42. The Morgan fingerprint density at radius 2 is 1.95 bits per heavy atom. The van der Waals surface area contributed by atoms with Crippen LogP contribution in [0.1, 0.15) is 44.1 Å². The molecule has 1 nitrogen and oxygen atoms in total. The summed E-state index contributed by atoms with van der Waals surface area (Å²) in [5, 5.41) is 0. The first-order chi connectivity index (χ1) is 9.24. The van der Waals surface area contributed by atoms with E-state index in [4.69, 9.17) is 0 Å². The fourth-order valence-electron chi connectivity index (χ4n) is 3.79. The maximum atomic E-state index is 14.0. The molecule has 104 valence electrons. The van der Waals surface area contributed by atoms with Gasteiger partial charge in [-0.05, 0) is 50.3 Å². The highest BCUT2D eigenvalue weighted by Crippen LogP contribution is 2.36. The zero-order chi connectivity index (χ0) is 13.2. The Morgan fingerprint density at radius 3 is 2.79 bits per heavy atom. The molecule has 0 radical (unpaired) electrons. The molecular weight excluding hydrogens is 305 g/mol. The van der Waals surface area contributed by atoms with Gasteiger partial charge in [0.05, 0.1) is 0 Å². The van der Waals surface area contributed by atoms with Crippen LogP contribution in [0.2, 0.25) is 0 Å². The molecule has 0 N–H and O–H groups in total. The van der Waals surface area contributed by atoms with Crippen LogP contribution < -0.4 is 0 Å². The third kappa shape index (κ3) is 3.03. The van der Waals surface area contributed by atoms with E-state index < -0.39 is 0 Å². The molecule has 1 aromatic carbocycles. The maximum Gasteiger partial charge on any atom is 0.128 e. The Labute approximate surface area is 123 Å². The average molecular weight is 326 g/mol. The summed E-state index contributed by atoms with van der Waals surface area (Å²) in [5.41, 5.74) is 0.842. The van der Waals surface area contributed by atoms with Crippen LogP contribution in [-0.4, -0.2) is 17.5 Å². The molecule has 1 aliphatic carbocycles. The van der Waals surface area contributed by atoms with E-state index in [2.05, 4.69) is 20.8 Å². The second-order valence-corrected chi connectivity index (χ2v) is 6.88. The third-order valence-corrected chi connectivity index (χ3v) is 5.24. The molecule has 3 rings (SSSR count). The molecule has 0 unspecified atom stereocenters. The molecule has 1 aliphatic heterocycles. The molecule has 2 aliphatic rings. The van der Waals surface area contributed by atoms with Crippen LogP contribution in [0.25, 0.3) is 0 Å². The van der Waals surface area contributed by atoms with Crippen molar-refractivity contribution in [1.29, 1.82) is 0 Å². The Kier molecular flexibility index (Phi) is 4.23. The van der Waals surface area contributed by atoms with Crippen molar-refractivity contribution in [1.82, 2.24) is 4.90 Å². The molecule has 2 atom stereocenters. The van der Waals surface area contributed by atoms with Crippen LogP contribution in [0, 0.1) is 11.7 Å². The molecule has 2 fully saturated rings. The molecular formula is C16H21BrFN. The monoisotopic (exact) mass is 325 g/mol. The topological polar surface area (TPSA) is 3.24 Å². The smallest absolute Gasteiger partial charge is 0.128 e. The summed E-state index contributed by atoms with van der Waals surface area (Å²) >= 11 is 3.32. The van der Waals surface area contributed by atoms with Gasteiger partial charge < -0.3 is 0 Å². The SMILES string of the molecule is Fc1cc(Br)ccc1CN1CCC[C@H]2CCCC[C@H]21. The molecule has 1 saturated heterocycles. The molecule has 3 heteroatoms. The number of piperidine rings is 1. The zero-order valence-electron chi connectivity index (χ0n) is 11.2. The predicted octanol–water partition coefficient (Wildman–Crippen LogP) is 4.74. The Balaban J connectivity index is 1.74. The number of hydrogen-bond donors (Lipinski definition) is 0. The van der Waals surface area contributed by atoms with Gasteiger partial charge in [0.25, 0.3) is 0 Å². The number of halogens is 2. The number of nitrogens with zero attached hydrogens (tertiary/aromatic N) is 1. The van der Waals surface area contributed by atoms with Crippen LogP contribution >= 0.6 is 15.9 Å². The first kappa shape index (κ1) is 13.6. The number of fused-ring (bicyclic) bond motifs is 1. The number of hydrogen-bond acceptors (Lipinski definition) is 1. The fourth-order valence-corrected chi connectivity index (χ4v) is 4.13. The summed E-state index contributed by atoms with van der Waals surface area (Å²) in [6, 6.07) is 6.15. The van der Waals surface area contributed by atoms with E-state index in [1.807, 2.05) is 12.1 Å². The van der Waals surface area contributed by atoms with E-state index in [0.29, 0.717) is 6.04 Å². The van der Waals surface area contributed by atoms with Gasteiger partial charge in [-0.2, -0.15) is 0 Å². The molecule has 0 spiro atoms. The van der Waals surface area contributed by atoms with Gasteiger partial charge in [0.2, 0.25) is 0 Å². The van der Waals surface area contributed by atoms with Crippen molar-refractivity contribution in [2.24, 2.45) is 5.92 Å². The molecule has 19 heavy (non-hydrogen) atoms. The van der Waals surface area contributed by atoms with E-state index in [0.717, 1.165) is 29.0 Å². The van der Waals surface area contributed by atoms with Gasteiger partial charge in [0.1, 0.15) is 5.82 Å². The van der Waals surface area contributed by atoms with Gasteiger partial charge in [-0.3, -0.25) is 4.90 Å². The van der Waals surface area contributed by atoms with E-state index in [1.165, 1.54) is 38.5 Å². The van der Waals surface area contributed by atoms with E-state index in [9.17, 15) is 4.39 Å². The molecule has 0 amide bonds. The zero-order valence-corrected chi connectivity index (χ0v) is 12.8. The van der Waals surface area contributed by atoms with Gasteiger partial charge in [-0.25, -0.2) is 4.39 Å². The predicted molar refractivity (Wildman–Crippen MR) is 79.5 cm³/mol. The highest BCUT2D eigenvalue weighted by Gasteiger charge is 2.33. The third-order valence-electron chi connectivity index (χ3n) is 4.75. The molecule has 1 saturated carbocycles. The highest BCUT2D eigenvalue weighted by atomic mass is 79.9. The lowest BCUT2D eigenvalue weighted by Crippen LogP contribution is -2.46. The van der Waals surface area contributed by atoms with Gasteiger partial charge in [-0.15, -0.1) is 0 Å². The minimum atomic E-state index is -0.0766. The van der Waals surface area contributed by atoms with Crippen LogP contribution in [-0.2, 0) is 6.54 Å². The summed E-state index contributed by atoms with van der Waals surface area (Å²) < 4.78 is 14.8. The second-order valence-electron chi connectivity index (χ2n) is 5.96. The van der Waals surface area contributed by atoms with E-state index in [-0.39, 0.29) is 5.82 Å². The van der Waals surface area contributed by atoms with Crippen molar-refractivity contribution in [2.75, 3.05) is 6.54 Å². The largest absolute Gasteiger partial charge is 0.296 e. The Hall–Kier alpha value is -0.410. The van der Waals surface area contributed by atoms with Crippen LogP contribution in [0.4, 0.5) is 4.39 Å². The lowest BCUT2D eigenvalue weighted by atomic mass is 9.78. The quantitative estimate of drug-likeness (QED) is 0.758. The summed E-state index contributed by atoms with van der Waals surface area (Å²) in [5.74, 6) is 0.785. The van der Waals surface area contributed by atoms with Crippen LogP contribution in [0.3, 0.4) is 0 Å². The minimum Gasteiger partial charge on any atom is -0.296 e. The van der Waals surface area contributed by atoms with E-state index in [1.54, 1.807) is 6.07 Å². The highest BCUT2D eigenvalue weighted by molar-refractivity contribution is 9.10. The van der Waals surface area contributed by atoms with Gasteiger partial charge in [0.15, 0.2) is 0 Å². The number of benzene rings is 1. The summed E-state index contributed by atoms with van der Waals surface area (Å²) in [6.07, 6.45) is 8.08. The maximum absolute atomic E-state index is 14.0. The summed E-state index contributed by atoms with van der Waals surface area (Å²) in [6.45, 7) is 1.91. The Bertz CT molecular complexity index is 446. The van der Waals surface area contributed by atoms with Crippen molar-refractivity contribution in [3.63, 3.8) is 0 Å². The summed E-state index contributed by atoms with van der Waals surface area (Å²) in [4.78, 5) is 2.53. The normalized spacial score (nSPS) is 28.1. The second kappa shape index (κ2) is 5.92. The molecule has 1 heterocycles. The van der Waals surface area contributed by atoms with Crippen molar-refractivity contribution >= 4 is 15.9 Å². The number of likely N-dealkylation sites (tertiary alicyclic amines) is 1. The van der Waals surface area contributed by atoms with E-state index >= 15 is 0 Å². The van der Waals surface area contributed by atoms with Crippen molar-refractivity contribution < 1.29 is 4.39 Å². The van der Waals surface area contributed by atoms with Crippen LogP contribution in [0.15, 0.2) is 22.7 Å². The van der Waals surface area contributed by atoms with Gasteiger partial charge in [-0.1, -0.05) is 34.8 Å². The minimum absolute atomic E-state index is 0.0766. The first-order valence-corrected chi connectivity index (χ1v) is 8.21. The van der Waals surface area contributed by atoms with Gasteiger partial charge >= 0.3 is 0 Å². The Morgan fingerprint density at radius 1 is 1.16 bits per heavy atom. The lowest BCUT2D eigenvalue weighted by molar-refractivity contribution is 0.0539. The standard InChI is InChI=1S/C16H21BrFN/c17-14-8-7-13(15(18)10-14)11-19-9-3-5-12-4-1-2-6-16(12)19/h7-8,10,12,16H,1-6,9,11H2/t12-,16-/m1/s1. The van der Waals surface area contributed by atoms with Crippen molar-refractivity contribution in [3.05, 3.63) is 34.1 Å². The number of rotatable bonds is 2. The fraction of sp³-hybridized carbons (Fsp3) is 0.625. The molecule has 0 aromatic heterocycles. The van der Waals surface area contributed by atoms with Gasteiger partial charge in [0, 0.05) is 22.6 Å². The average Bonchev–Trinajstić information content (AvgIpc) is 2.42. The molecule has 1 aromatic rings. The van der Waals surface area contributed by atoms with Crippen molar-refractivity contribution in [3.8, 4) is 0 Å². The van der Waals surface area contributed by atoms with Crippen LogP contribution in [0.5, 0.6) is 0 Å². The lowest BCUT2D eigenvalue weighted by Gasteiger charge is -2.44. The molecule has 0 bridgehead atoms. The van der Waals surface area contributed by atoms with Crippen molar-refractivity contribution in [2.45, 2.75) is 51.1 Å².